The number of ether oxygens (including phenoxy) is 1. The fourth-order valence-electron chi connectivity index (χ4n) is 2.32. The highest BCUT2D eigenvalue weighted by Gasteiger charge is 2.39. The van der Waals surface area contributed by atoms with E-state index in [4.69, 9.17) is 21.3 Å². The summed E-state index contributed by atoms with van der Waals surface area (Å²) in [6.07, 6.45) is -2.28. The SMILES string of the molecule is [2H][C@@]1(c2ccc(C#N)cc2)OC(N)=C(OS(=O)(=O)Cc2ccccc2)C1=O. The van der Waals surface area contributed by atoms with Gasteiger partial charge in [-0.2, -0.15) is 13.7 Å². The Kier molecular flexibility index (Phi) is 4.29. The number of nitrogens with zero attached hydrogens (tertiary/aromatic N) is 1. The molecule has 1 atom stereocenters. The van der Waals surface area contributed by atoms with E-state index in [2.05, 4.69) is 0 Å². The molecule has 2 N–H and O–H groups in total. The minimum atomic E-state index is -4.19. The van der Waals surface area contributed by atoms with Crippen LogP contribution < -0.4 is 5.73 Å². The topological polar surface area (TPSA) is 119 Å². The average Bonchev–Trinajstić information content (AvgIpc) is 2.86. The molecule has 0 unspecified atom stereocenters. The largest absolute Gasteiger partial charge is 0.460 e. The number of rotatable bonds is 5. The maximum absolute atomic E-state index is 12.6. The second-order valence-corrected chi connectivity index (χ2v) is 6.98. The van der Waals surface area contributed by atoms with E-state index in [-0.39, 0.29) is 5.56 Å². The summed E-state index contributed by atoms with van der Waals surface area (Å²) in [5.74, 6) is -2.83. The van der Waals surface area contributed by atoms with Crippen molar-refractivity contribution in [1.82, 2.24) is 0 Å². The Morgan fingerprint density at radius 2 is 1.85 bits per heavy atom. The molecular weight excluding hydrogens is 356 g/mol. The third-order valence-electron chi connectivity index (χ3n) is 3.52. The van der Waals surface area contributed by atoms with Crippen LogP contribution in [-0.2, 0) is 29.6 Å². The third kappa shape index (κ3) is 3.68. The normalized spacial score (nSPS) is 20.3. The average molecular weight is 371 g/mol. The Labute approximate surface area is 151 Å². The van der Waals surface area contributed by atoms with Gasteiger partial charge < -0.3 is 14.7 Å². The number of hydrogen-bond donors (Lipinski definition) is 1. The predicted molar refractivity (Wildman–Crippen MR) is 91.4 cm³/mol. The number of carbonyl (C=O) groups excluding carboxylic acids is 1. The van der Waals surface area contributed by atoms with Crippen molar-refractivity contribution in [2.45, 2.75) is 11.8 Å². The van der Waals surface area contributed by atoms with E-state index in [9.17, 15) is 13.2 Å². The van der Waals surface area contributed by atoms with Crippen molar-refractivity contribution >= 4 is 15.9 Å². The van der Waals surface area contributed by atoms with Gasteiger partial charge in [0, 0.05) is 5.56 Å². The summed E-state index contributed by atoms with van der Waals surface area (Å²) in [4.78, 5) is 12.6. The van der Waals surface area contributed by atoms with Crippen LogP contribution in [0.2, 0.25) is 0 Å². The van der Waals surface area contributed by atoms with Gasteiger partial charge in [-0.1, -0.05) is 42.5 Å². The number of benzene rings is 2. The molecule has 3 rings (SSSR count). The number of Topliss-reactive ketones (excluding diaryl/α,β-unsaturated/α-hetero) is 1. The highest BCUT2D eigenvalue weighted by Crippen LogP contribution is 2.32. The molecular formula is C18H14N2O5S. The fourth-order valence-corrected chi connectivity index (χ4v) is 3.39. The molecule has 1 aliphatic heterocycles. The van der Waals surface area contributed by atoms with E-state index in [1.165, 1.54) is 24.3 Å². The first-order valence-electron chi connectivity index (χ1n) is 7.95. The monoisotopic (exact) mass is 371 g/mol. The van der Waals surface area contributed by atoms with Crippen molar-refractivity contribution in [3.8, 4) is 6.07 Å². The minimum absolute atomic E-state index is 0.0912. The number of nitriles is 1. The molecule has 2 aromatic carbocycles. The maximum Gasteiger partial charge on any atom is 0.313 e. The van der Waals surface area contributed by atoms with Gasteiger partial charge in [-0.3, -0.25) is 4.79 Å². The van der Waals surface area contributed by atoms with Gasteiger partial charge in [0.15, 0.2) is 6.08 Å². The molecule has 1 aliphatic rings. The van der Waals surface area contributed by atoms with Gasteiger partial charge in [-0.15, -0.1) is 0 Å². The lowest BCUT2D eigenvalue weighted by Crippen LogP contribution is -2.16. The Hall–Kier alpha value is -3.31. The second-order valence-electron chi connectivity index (χ2n) is 5.41. The van der Waals surface area contributed by atoms with Gasteiger partial charge >= 0.3 is 10.1 Å². The standard InChI is InChI=1S/C18H14N2O5S/c19-10-12-6-8-14(9-7-12)16-15(21)17(18(20)24-16)25-26(22,23)11-13-4-2-1-3-5-13/h1-9,16H,11,20H2/t16-/m0/s1/i16D. The number of hydrogen-bond acceptors (Lipinski definition) is 7. The van der Waals surface area contributed by atoms with E-state index < -0.39 is 39.4 Å². The smallest absolute Gasteiger partial charge is 0.313 e. The highest BCUT2D eigenvalue weighted by molar-refractivity contribution is 7.86. The van der Waals surface area contributed by atoms with E-state index in [1.807, 2.05) is 6.07 Å². The van der Waals surface area contributed by atoms with Crippen LogP contribution >= 0.6 is 0 Å². The quantitative estimate of drug-likeness (QED) is 0.797. The molecule has 132 valence electrons. The fraction of sp³-hybridized carbons (Fsp3) is 0.111. The summed E-state index contributed by atoms with van der Waals surface area (Å²) < 4.78 is 42.8. The van der Waals surface area contributed by atoms with Crippen molar-refractivity contribution in [2.24, 2.45) is 5.73 Å². The first-order chi connectivity index (χ1) is 12.7. The number of nitrogens with two attached hydrogens (primary N) is 1. The van der Waals surface area contributed by atoms with Gasteiger partial charge in [0.2, 0.25) is 17.4 Å². The van der Waals surface area contributed by atoms with Crippen LogP contribution in [0.4, 0.5) is 0 Å². The molecule has 0 fully saturated rings. The molecule has 7 nitrogen and oxygen atoms in total. The van der Waals surface area contributed by atoms with Crippen molar-refractivity contribution in [2.75, 3.05) is 0 Å². The summed E-state index contributed by atoms with van der Waals surface area (Å²) >= 11 is 0. The highest BCUT2D eigenvalue weighted by atomic mass is 32.2. The molecule has 0 amide bonds. The van der Waals surface area contributed by atoms with Gasteiger partial charge in [0.05, 0.1) is 13.0 Å². The third-order valence-corrected chi connectivity index (χ3v) is 4.63. The van der Waals surface area contributed by atoms with E-state index in [1.54, 1.807) is 30.3 Å². The van der Waals surface area contributed by atoms with Gasteiger partial charge in [0.25, 0.3) is 0 Å². The first kappa shape index (κ1) is 16.2. The molecule has 8 heteroatoms. The second kappa shape index (κ2) is 6.90. The molecule has 2 aromatic rings. The Balaban J connectivity index is 1.83. The molecule has 1 heterocycles. The summed E-state index contributed by atoms with van der Waals surface area (Å²) in [5, 5.41) is 8.83. The molecule has 0 saturated heterocycles. The van der Waals surface area contributed by atoms with Gasteiger partial charge in [-0.25, -0.2) is 0 Å². The van der Waals surface area contributed by atoms with E-state index >= 15 is 0 Å². The molecule has 0 aromatic heterocycles. The zero-order valence-electron chi connectivity index (χ0n) is 14.4. The van der Waals surface area contributed by atoms with Crippen LogP contribution in [-0.4, -0.2) is 14.2 Å². The van der Waals surface area contributed by atoms with E-state index in [0.717, 1.165) is 0 Å². The molecule has 0 bridgehead atoms. The van der Waals surface area contributed by atoms with Crippen molar-refractivity contribution in [3.63, 3.8) is 0 Å². The van der Waals surface area contributed by atoms with E-state index in [0.29, 0.717) is 11.1 Å². The summed E-state index contributed by atoms with van der Waals surface area (Å²) in [6.45, 7) is 0. The lowest BCUT2D eigenvalue weighted by Gasteiger charge is -2.09. The lowest BCUT2D eigenvalue weighted by atomic mass is 10.0. The van der Waals surface area contributed by atoms with Crippen molar-refractivity contribution in [3.05, 3.63) is 82.9 Å². The zero-order valence-corrected chi connectivity index (χ0v) is 14.2. The Bertz CT molecular complexity index is 1060. The molecule has 26 heavy (non-hydrogen) atoms. The van der Waals surface area contributed by atoms with Crippen molar-refractivity contribution < 1.29 is 23.5 Å². The minimum Gasteiger partial charge on any atom is -0.460 e. The van der Waals surface area contributed by atoms with Gasteiger partial charge in [0.1, 0.15) is 5.75 Å². The Morgan fingerprint density at radius 3 is 2.46 bits per heavy atom. The maximum atomic E-state index is 12.6. The molecule has 0 spiro atoms. The molecule has 0 radical (unpaired) electrons. The number of carbonyl (C=O) groups is 1. The van der Waals surface area contributed by atoms with Crippen LogP contribution in [0.3, 0.4) is 0 Å². The number of ketones is 1. The lowest BCUT2D eigenvalue weighted by molar-refractivity contribution is -0.123. The van der Waals surface area contributed by atoms with Crippen molar-refractivity contribution in [1.29, 1.82) is 5.26 Å². The summed E-state index contributed by atoms with van der Waals surface area (Å²) in [6, 6.07) is 15.7. The summed E-state index contributed by atoms with van der Waals surface area (Å²) in [5.41, 5.74) is 6.50. The van der Waals surface area contributed by atoms with Crippen LogP contribution in [0.15, 0.2) is 66.2 Å². The Morgan fingerprint density at radius 1 is 1.19 bits per heavy atom. The molecule has 0 saturated carbocycles. The molecule has 0 aliphatic carbocycles. The van der Waals surface area contributed by atoms with Crippen LogP contribution in [0.1, 0.15) is 24.1 Å². The summed E-state index contributed by atoms with van der Waals surface area (Å²) in [7, 11) is -4.19. The van der Waals surface area contributed by atoms with Crippen LogP contribution in [0.25, 0.3) is 0 Å². The van der Waals surface area contributed by atoms with Crippen LogP contribution in [0.5, 0.6) is 0 Å². The first-order valence-corrected chi connectivity index (χ1v) is 9.03. The van der Waals surface area contributed by atoms with Crippen LogP contribution in [0, 0.1) is 11.3 Å². The predicted octanol–water partition coefficient (Wildman–Crippen LogP) is 1.87. The zero-order chi connectivity index (χ0) is 19.7. The van der Waals surface area contributed by atoms with Gasteiger partial charge in [-0.05, 0) is 17.7 Å².